The molecular weight excluding hydrogens is 1310 g/mol. The Morgan fingerprint density at radius 2 is 0.525 bits per heavy atom. The number of aliphatic hydroxyl groups excluding tert-OH is 2. The molecule has 0 fully saturated rings. The molecule has 16 nitrogen and oxygen atoms in total. The Bertz CT molecular complexity index is 2320. The number of esters is 3. The van der Waals surface area contributed by atoms with Crippen LogP contribution in [-0.4, -0.2) is 95.9 Å². The van der Waals surface area contributed by atoms with Crippen LogP contribution in [0.3, 0.4) is 0 Å². The van der Waals surface area contributed by atoms with Gasteiger partial charge in [0.05, 0.1) is 26.4 Å². The molecule has 5 atom stereocenters. The maximum absolute atomic E-state index is 13.0. The summed E-state index contributed by atoms with van der Waals surface area (Å²) in [4.78, 5) is 58.7. The predicted octanol–water partition coefficient (Wildman–Crippen LogP) is 23.3. The van der Waals surface area contributed by atoms with Crippen LogP contribution in [0, 0.1) is 0 Å². The highest BCUT2D eigenvalue weighted by Gasteiger charge is 2.29. The lowest BCUT2D eigenvalue weighted by atomic mass is 10.1. The van der Waals surface area contributed by atoms with Gasteiger partial charge in [0.15, 0.2) is 6.10 Å². The van der Waals surface area contributed by atoms with Crippen LogP contribution in [-0.2, 0) is 55.8 Å². The first-order valence-corrected chi connectivity index (χ1v) is 42.8. The molecule has 0 heterocycles. The van der Waals surface area contributed by atoms with Crippen LogP contribution in [0.25, 0.3) is 0 Å². The highest BCUT2D eigenvalue weighted by molar-refractivity contribution is 7.47. The lowest BCUT2D eigenvalue weighted by Gasteiger charge is -2.21. The highest BCUT2D eigenvalue weighted by Crippen LogP contribution is 2.45. The Morgan fingerprint density at radius 3 is 0.861 bits per heavy atom. The summed E-state index contributed by atoms with van der Waals surface area (Å²) in [7, 11) is -9.80. The Hall–Kier alpha value is -4.05. The summed E-state index contributed by atoms with van der Waals surface area (Å²) in [6.07, 6.45) is 89.5. The first kappa shape index (κ1) is 97.0. The van der Waals surface area contributed by atoms with Gasteiger partial charge in [-0.2, -0.15) is 0 Å². The molecule has 0 aromatic carbocycles. The number of phosphoric acid groups is 2. The zero-order valence-corrected chi connectivity index (χ0v) is 65.3. The van der Waals surface area contributed by atoms with Gasteiger partial charge in [0.1, 0.15) is 25.4 Å². The van der Waals surface area contributed by atoms with Gasteiger partial charge in [0.2, 0.25) is 0 Å². The average molecular weight is 1460 g/mol. The van der Waals surface area contributed by atoms with E-state index in [-0.39, 0.29) is 19.3 Å². The molecule has 0 radical (unpaired) electrons. The fourth-order valence-corrected chi connectivity index (χ4v) is 12.2. The van der Waals surface area contributed by atoms with Crippen molar-refractivity contribution in [2.45, 2.75) is 347 Å². The van der Waals surface area contributed by atoms with Gasteiger partial charge in [-0.15, -0.1) is 0 Å². The van der Waals surface area contributed by atoms with Gasteiger partial charge < -0.3 is 34.2 Å². The van der Waals surface area contributed by atoms with Crippen LogP contribution >= 0.6 is 15.6 Å². The molecule has 0 aliphatic heterocycles. The molecule has 0 aromatic rings. The van der Waals surface area contributed by atoms with Crippen molar-refractivity contribution in [1.29, 1.82) is 0 Å². The first-order chi connectivity index (χ1) is 49.2. The van der Waals surface area contributed by atoms with Gasteiger partial charge in [-0.25, -0.2) is 9.13 Å². The molecule has 0 aliphatic rings. The molecule has 0 saturated heterocycles. The molecule has 0 aromatic heterocycles. The number of unbranched alkanes of at least 4 members (excludes halogenated alkanes) is 32. The number of rotatable bonds is 75. The van der Waals surface area contributed by atoms with Crippen molar-refractivity contribution < 1.29 is 75.8 Å². The van der Waals surface area contributed by atoms with Crippen LogP contribution in [0.15, 0.2) is 122 Å². The minimum atomic E-state index is -4.94. The van der Waals surface area contributed by atoms with Gasteiger partial charge >= 0.3 is 33.6 Å². The molecule has 0 aliphatic carbocycles. The van der Waals surface area contributed by atoms with Crippen molar-refractivity contribution in [2.24, 2.45) is 0 Å². The number of allylic oxidation sites excluding steroid dienone is 20. The molecule has 5 unspecified atom stereocenters. The fourth-order valence-electron chi connectivity index (χ4n) is 10.6. The van der Waals surface area contributed by atoms with E-state index in [0.29, 0.717) is 19.3 Å². The minimum absolute atomic E-state index is 0.0923. The van der Waals surface area contributed by atoms with E-state index in [2.05, 4.69) is 142 Å². The van der Waals surface area contributed by atoms with Crippen LogP contribution in [0.1, 0.15) is 329 Å². The molecule has 0 amide bonds. The Balaban J connectivity index is 4.60. The zero-order chi connectivity index (χ0) is 73.7. The number of phosphoric ester groups is 2. The van der Waals surface area contributed by atoms with Crippen LogP contribution in [0.2, 0.25) is 0 Å². The molecule has 0 spiro atoms. The number of aliphatic hydroxyl groups is 2. The number of carbonyl (C=O) groups is 3. The third-order valence-corrected chi connectivity index (χ3v) is 18.5. The van der Waals surface area contributed by atoms with Crippen molar-refractivity contribution in [3.63, 3.8) is 0 Å². The normalized spacial score (nSPS) is 14.6. The summed E-state index contributed by atoms with van der Waals surface area (Å²) in [5.41, 5.74) is 0. The fraction of sp³-hybridized carbons (Fsp3) is 0.723. The minimum Gasteiger partial charge on any atom is -0.463 e. The van der Waals surface area contributed by atoms with E-state index in [9.17, 15) is 43.5 Å². The van der Waals surface area contributed by atoms with E-state index in [0.717, 1.165) is 154 Å². The van der Waals surface area contributed by atoms with Gasteiger partial charge in [0, 0.05) is 19.3 Å². The second-order valence-corrected chi connectivity index (χ2v) is 29.4. The van der Waals surface area contributed by atoms with Crippen molar-refractivity contribution in [1.82, 2.24) is 0 Å². The van der Waals surface area contributed by atoms with Crippen LogP contribution in [0.5, 0.6) is 0 Å². The topological polar surface area (TPSA) is 231 Å². The quantitative estimate of drug-likeness (QED) is 0.0146. The van der Waals surface area contributed by atoms with Gasteiger partial charge in [0.25, 0.3) is 0 Å². The van der Waals surface area contributed by atoms with Crippen molar-refractivity contribution in [3.8, 4) is 0 Å². The van der Waals surface area contributed by atoms with Gasteiger partial charge in [-0.3, -0.25) is 32.5 Å². The highest BCUT2D eigenvalue weighted by atomic mass is 31.2. The maximum Gasteiger partial charge on any atom is 0.472 e. The average Bonchev–Trinajstić information content (AvgIpc) is 1.19. The second kappa shape index (κ2) is 75.6. The molecule has 101 heavy (non-hydrogen) atoms. The lowest BCUT2D eigenvalue weighted by molar-refractivity contribution is -0.161. The number of ether oxygens (including phenoxy) is 3. The number of carbonyl (C=O) groups excluding carboxylic acids is 3. The second-order valence-electron chi connectivity index (χ2n) is 26.5. The first-order valence-electron chi connectivity index (χ1n) is 39.8. The van der Waals surface area contributed by atoms with Gasteiger partial charge in [-0.1, -0.05) is 296 Å². The van der Waals surface area contributed by atoms with Crippen molar-refractivity contribution >= 4 is 33.6 Å². The predicted molar refractivity (Wildman–Crippen MR) is 417 cm³/mol. The summed E-state index contributed by atoms with van der Waals surface area (Å²) in [5, 5.41) is 20.6. The molecule has 582 valence electrons. The van der Waals surface area contributed by atoms with Crippen molar-refractivity contribution in [3.05, 3.63) is 122 Å². The molecule has 4 N–H and O–H groups in total. The third-order valence-electron chi connectivity index (χ3n) is 16.6. The molecule has 18 heteroatoms. The standard InChI is InChI=1S/C83H144O16P2/c1-4-7-10-13-16-19-22-25-28-30-32-34-36-38-40-42-44-46-49-51-54-57-60-63-66-69-81(86)93-72-78(84)73-95-100(89,90)96-74-79(85)75-97-101(91,92)98-77-80(99-83(88)71-68-65-62-59-56-53-48-27-24-21-18-15-12-9-6-3)76-94-82(87)70-67-64-61-58-55-52-50-47-45-43-41-39-37-35-33-31-29-26-23-20-17-14-11-8-5-2/h7,10,16-17,19-20,25-29,32-35,38-41,48,78-80,84-85H,4-6,8-9,11-15,18,21-24,30-31,36-37,42-47,49-77H2,1-3H3,(H,89,90)(H,91,92)/b10-7-,19-16-,20-17-,28-25-,29-26-,34-32-,35-33-,40-38-,41-39-,48-27-. The van der Waals surface area contributed by atoms with E-state index in [1.165, 1.54) is 116 Å². The van der Waals surface area contributed by atoms with E-state index in [1.54, 1.807) is 0 Å². The largest absolute Gasteiger partial charge is 0.472 e. The molecule has 0 rings (SSSR count). The molecular formula is C83H144O16P2. The smallest absolute Gasteiger partial charge is 0.463 e. The van der Waals surface area contributed by atoms with Crippen LogP contribution < -0.4 is 0 Å². The Kier molecular flexibility index (Phi) is 72.6. The summed E-state index contributed by atoms with van der Waals surface area (Å²) in [5.74, 6) is -1.59. The summed E-state index contributed by atoms with van der Waals surface area (Å²) < 4.78 is 61.2. The maximum atomic E-state index is 13.0. The number of hydrogen-bond acceptors (Lipinski definition) is 14. The van der Waals surface area contributed by atoms with Crippen LogP contribution in [0.4, 0.5) is 0 Å². The SMILES string of the molecule is CC/C=C\C/C=C\C/C=C\C/C=C\C/C=C\CCCCCCCCCCCC(=O)OCC(O)COP(=O)(O)OCC(O)COP(=O)(O)OCC(COC(=O)CCCCCCCCCCC/C=C\C/C=C\C/C=C\C/C=C\CCCCC)OC(=O)CCCCCCC/C=C\CCCCCCCC. The third kappa shape index (κ3) is 76.9. The Labute approximate surface area is 614 Å². The van der Waals surface area contributed by atoms with E-state index >= 15 is 0 Å². The van der Waals surface area contributed by atoms with E-state index < -0.39 is 91.5 Å². The van der Waals surface area contributed by atoms with E-state index in [4.69, 9.17) is 32.3 Å². The molecule has 0 bridgehead atoms. The summed E-state index contributed by atoms with van der Waals surface area (Å²) >= 11 is 0. The monoisotopic (exact) mass is 1460 g/mol. The van der Waals surface area contributed by atoms with Gasteiger partial charge in [-0.05, 0) is 135 Å². The number of hydrogen-bond donors (Lipinski definition) is 4. The van der Waals surface area contributed by atoms with E-state index in [1.807, 2.05) is 0 Å². The summed E-state index contributed by atoms with van der Waals surface area (Å²) in [6.45, 7) is 2.53. The Morgan fingerprint density at radius 1 is 0.287 bits per heavy atom. The summed E-state index contributed by atoms with van der Waals surface area (Å²) in [6, 6.07) is 0. The zero-order valence-electron chi connectivity index (χ0n) is 63.5. The van der Waals surface area contributed by atoms with Crippen molar-refractivity contribution in [2.75, 3.05) is 39.6 Å². The lowest BCUT2D eigenvalue weighted by Crippen LogP contribution is -2.30. The molecule has 0 saturated carbocycles.